The first kappa shape index (κ1) is 12.8. The first-order valence-corrected chi connectivity index (χ1v) is 6.45. The summed E-state index contributed by atoms with van der Waals surface area (Å²) < 4.78 is 0. The van der Waals surface area contributed by atoms with Gasteiger partial charge in [0.1, 0.15) is 0 Å². The fourth-order valence-electron chi connectivity index (χ4n) is 1.94. The summed E-state index contributed by atoms with van der Waals surface area (Å²) in [6.45, 7) is 3.89. The van der Waals surface area contributed by atoms with Gasteiger partial charge in [-0.25, -0.2) is 0 Å². The maximum absolute atomic E-state index is 5.60. The Labute approximate surface area is 108 Å². The van der Waals surface area contributed by atoms with Crippen molar-refractivity contribution in [3.8, 4) is 0 Å². The van der Waals surface area contributed by atoms with E-state index in [-0.39, 0.29) is 0 Å². The number of aromatic nitrogens is 2. The highest BCUT2D eigenvalue weighted by Crippen LogP contribution is 2.19. The van der Waals surface area contributed by atoms with Crippen LogP contribution in [0, 0.1) is 5.92 Å². The van der Waals surface area contributed by atoms with E-state index in [9.17, 15) is 0 Å². The Hall–Kier alpha value is -1.68. The lowest BCUT2D eigenvalue weighted by atomic mass is 10.1. The van der Waals surface area contributed by atoms with E-state index in [0.29, 0.717) is 5.92 Å². The van der Waals surface area contributed by atoms with Gasteiger partial charge in [-0.2, -0.15) is 10.2 Å². The molecule has 1 atom stereocenters. The fourth-order valence-corrected chi connectivity index (χ4v) is 1.94. The molecule has 0 fully saturated rings. The van der Waals surface area contributed by atoms with Gasteiger partial charge in [0.2, 0.25) is 0 Å². The number of fused-ring (bicyclic) bond motifs is 1. The smallest absolute Gasteiger partial charge is 0.0950 e. The van der Waals surface area contributed by atoms with E-state index in [1.165, 1.54) is 0 Å². The van der Waals surface area contributed by atoms with E-state index < -0.39 is 0 Å². The van der Waals surface area contributed by atoms with Crippen LogP contribution in [0.4, 0.5) is 5.69 Å². The minimum absolute atomic E-state index is 0.596. The summed E-state index contributed by atoms with van der Waals surface area (Å²) in [7, 11) is 0. The van der Waals surface area contributed by atoms with Crippen molar-refractivity contribution in [3.63, 3.8) is 0 Å². The third-order valence-electron chi connectivity index (χ3n) is 3.14. The van der Waals surface area contributed by atoms with Gasteiger partial charge >= 0.3 is 0 Å². The molecule has 1 aromatic carbocycles. The Morgan fingerprint density at radius 2 is 2.17 bits per heavy atom. The van der Waals surface area contributed by atoms with Crippen molar-refractivity contribution in [1.82, 2.24) is 10.2 Å². The van der Waals surface area contributed by atoms with Crippen LogP contribution in [0.3, 0.4) is 0 Å². The molecule has 0 radical (unpaired) electrons. The number of nitrogens with one attached hydrogen (secondary N) is 1. The molecule has 0 aliphatic heterocycles. The highest BCUT2D eigenvalue weighted by atomic mass is 15.1. The van der Waals surface area contributed by atoms with Crippen molar-refractivity contribution in [2.24, 2.45) is 11.7 Å². The van der Waals surface area contributed by atoms with Gasteiger partial charge in [0.15, 0.2) is 0 Å². The minimum Gasteiger partial charge on any atom is -0.383 e. The topological polar surface area (TPSA) is 63.8 Å². The van der Waals surface area contributed by atoms with E-state index in [2.05, 4.69) is 28.5 Å². The number of anilines is 1. The maximum Gasteiger partial charge on any atom is 0.0950 e. The molecule has 3 N–H and O–H groups in total. The molecule has 0 bridgehead atoms. The number of rotatable bonds is 6. The molecular formula is C14H20N4. The Bertz CT molecular complexity index is 493. The summed E-state index contributed by atoms with van der Waals surface area (Å²) in [5.41, 5.74) is 7.59. The zero-order valence-electron chi connectivity index (χ0n) is 10.8. The third kappa shape index (κ3) is 3.17. The summed E-state index contributed by atoms with van der Waals surface area (Å²) in [5.74, 6) is 0.596. The van der Waals surface area contributed by atoms with E-state index in [4.69, 9.17) is 5.73 Å². The monoisotopic (exact) mass is 244 g/mol. The summed E-state index contributed by atoms with van der Waals surface area (Å²) in [4.78, 5) is 0. The number of benzene rings is 1. The van der Waals surface area contributed by atoms with Crippen LogP contribution in [-0.4, -0.2) is 23.3 Å². The standard InChI is InChI=1S/C14H20N4/c1-11(9-15)5-4-8-16-14-10-17-18-13-7-3-2-6-12(13)14/h2-3,6-7,10-11H,4-5,8-9,15H2,1H3,(H,16,18). The molecule has 0 saturated heterocycles. The van der Waals surface area contributed by atoms with Crippen molar-refractivity contribution in [2.75, 3.05) is 18.4 Å². The fraction of sp³-hybridized carbons (Fsp3) is 0.429. The van der Waals surface area contributed by atoms with Gasteiger partial charge in [-0.1, -0.05) is 25.1 Å². The molecule has 4 nitrogen and oxygen atoms in total. The van der Waals surface area contributed by atoms with E-state index >= 15 is 0 Å². The Morgan fingerprint density at radius 1 is 1.33 bits per heavy atom. The van der Waals surface area contributed by atoms with Crippen LogP contribution in [0.2, 0.25) is 0 Å². The van der Waals surface area contributed by atoms with Crippen molar-refractivity contribution < 1.29 is 0 Å². The lowest BCUT2D eigenvalue weighted by molar-refractivity contribution is 0.529. The molecule has 0 spiro atoms. The summed E-state index contributed by atoms with van der Waals surface area (Å²) in [6, 6.07) is 8.04. The average molecular weight is 244 g/mol. The van der Waals surface area contributed by atoms with Crippen LogP contribution in [0.15, 0.2) is 30.5 Å². The Morgan fingerprint density at radius 3 is 3.00 bits per heavy atom. The number of nitrogens with zero attached hydrogens (tertiary/aromatic N) is 2. The summed E-state index contributed by atoms with van der Waals surface area (Å²) in [5, 5.41) is 12.7. The molecule has 18 heavy (non-hydrogen) atoms. The molecular weight excluding hydrogens is 224 g/mol. The lowest BCUT2D eigenvalue weighted by Gasteiger charge is -2.10. The second-order valence-electron chi connectivity index (χ2n) is 4.69. The van der Waals surface area contributed by atoms with E-state index in [1.54, 1.807) is 6.20 Å². The molecule has 0 saturated carbocycles. The number of nitrogens with two attached hydrogens (primary N) is 1. The van der Waals surface area contributed by atoms with Gasteiger partial charge in [-0.05, 0) is 31.4 Å². The highest BCUT2D eigenvalue weighted by molar-refractivity contribution is 5.90. The first-order valence-electron chi connectivity index (χ1n) is 6.45. The summed E-state index contributed by atoms with van der Waals surface area (Å²) in [6.07, 6.45) is 4.06. The molecule has 1 unspecified atom stereocenters. The Balaban J connectivity index is 1.95. The molecule has 96 valence electrons. The van der Waals surface area contributed by atoms with Crippen LogP contribution in [-0.2, 0) is 0 Å². The maximum atomic E-state index is 5.60. The van der Waals surface area contributed by atoms with Crippen molar-refractivity contribution in [3.05, 3.63) is 30.5 Å². The zero-order chi connectivity index (χ0) is 12.8. The average Bonchev–Trinajstić information content (AvgIpc) is 2.43. The second-order valence-corrected chi connectivity index (χ2v) is 4.69. The largest absolute Gasteiger partial charge is 0.383 e. The predicted octanol–water partition coefficient (Wildman–Crippen LogP) is 2.42. The highest BCUT2D eigenvalue weighted by Gasteiger charge is 2.02. The van der Waals surface area contributed by atoms with Gasteiger partial charge in [0.25, 0.3) is 0 Å². The molecule has 4 heteroatoms. The quantitative estimate of drug-likeness (QED) is 0.766. The van der Waals surface area contributed by atoms with Crippen molar-refractivity contribution in [1.29, 1.82) is 0 Å². The SMILES string of the molecule is CC(CN)CCCNc1cnnc2ccccc12. The predicted molar refractivity (Wildman–Crippen MR) is 75.5 cm³/mol. The molecule has 2 rings (SSSR count). The van der Waals surface area contributed by atoms with Crippen LogP contribution >= 0.6 is 0 Å². The number of hydrogen-bond donors (Lipinski definition) is 2. The molecule has 1 heterocycles. The van der Waals surface area contributed by atoms with E-state index in [1.807, 2.05) is 18.2 Å². The number of hydrogen-bond acceptors (Lipinski definition) is 4. The van der Waals surface area contributed by atoms with Gasteiger partial charge in [-0.3, -0.25) is 0 Å². The zero-order valence-corrected chi connectivity index (χ0v) is 10.8. The molecule has 0 amide bonds. The summed E-state index contributed by atoms with van der Waals surface area (Å²) >= 11 is 0. The third-order valence-corrected chi connectivity index (χ3v) is 3.14. The molecule has 1 aromatic heterocycles. The van der Waals surface area contributed by atoms with Gasteiger partial charge in [0, 0.05) is 11.9 Å². The van der Waals surface area contributed by atoms with Gasteiger partial charge in [0.05, 0.1) is 17.4 Å². The van der Waals surface area contributed by atoms with E-state index in [0.717, 1.165) is 42.5 Å². The van der Waals surface area contributed by atoms with Crippen LogP contribution in [0.1, 0.15) is 19.8 Å². The first-order chi connectivity index (χ1) is 8.81. The Kier molecular flexibility index (Phi) is 4.47. The second kappa shape index (κ2) is 6.31. The van der Waals surface area contributed by atoms with Crippen LogP contribution in [0.25, 0.3) is 10.9 Å². The normalized spacial score (nSPS) is 12.6. The van der Waals surface area contributed by atoms with Gasteiger partial charge < -0.3 is 11.1 Å². The van der Waals surface area contributed by atoms with Crippen LogP contribution < -0.4 is 11.1 Å². The molecule has 0 aliphatic carbocycles. The molecule has 0 aliphatic rings. The van der Waals surface area contributed by atoms with Crippen LogP contribution in [0.5, 0.6) is 0 Å². The minimum atomic E-state index is 0.596. The van der Waals surface area contributed by atoms with Crippen molar-refractivity contribution in [2.45, 2.75) is 19.8 Å². The molecule has 2 aromatic rings. The van der Waals surface area contributed by atoms with Crippen molar-refractivity contribution >= 4 is 16.6 Å². The van der Waals surface area contributed by atoms with Gasteiger partial charge in [-0.15, -0.1) is 0 Å². The lowest BCUT2D eigenvalue weighted by Crippen LogP contribution is -2.12.